The highest BCUT2D eigenvalue weighted by Gasteiger charge is 2.21. The van der Waals surface area contributed by atoms with E-state index >= 15 is 0 Å². The Morgan fingerprint density at radius 1 is 1.19 bits per heavy atom. The highest BCUT2D eigenvalue weighted by molar-refractivity contribution is 5.57. The molecule has 21 heavy (non-hydrogen) atoms. The number of rotatable bonds is 4. The van der Waals surface area contributed by atoms with Crippen LogP contribution in [0.4, 0.5) is 8.78 Å². The van der Waals surface area contributed by atoms with Crippen molar-refractivity contribution in [1.29, 1.82) is 0 Å². The van der Waals surface area contributed by atoms with Gasteiger partial charge in [-0.15, -0.1) is 0 Å². The topological polar surface area (TPSA) is 57.4 Å². The first-order valence-corrected chi connectivity index (χ1v) is 6.66. The number of oxazole rings is 1. The smallest absolute Gasteiger partial charge is 0.387 e. The molecular formula is C14H14F2N2O3. The molecule has 1 saturated heterocycles. The first kappa shape index (κ1) is 13.9. The fourth-order valence-electron chi connectivity index (χ4n) is 2.28. The second-order valence-electron chi connectivity index (χ2n) is 4.74. The van der Waals surface area contributed by atoms with Gasteiger partial charge in [-0.05, 0) is 18.9 Å². The summed E-state index contributed by atoms with van der Waals surface area (Å²) >= 11 is 0. The van der Waals surface area contributed by atoms with Crippen molar-refractivity contribution in [2.45, 2.75) is 25.4 Å². The summed E-state index contributed by atoms with van der Waals surface area (Å²) in [6.07, 6.45) is 6.06. The van der Waals surface area contributed by atoms with Gasteiger partial charge in [-0.1, -0.05) is 0 Å². The highest BCUT2D eigenvalue weighted by Crippen LogP contribution is 2.30. The van der Waals surface area contributed by atoms with Gasteiger partial charge in [0.2, 0.25) is 0 Å². The average Bonchev–Trinajstić information content (AvgIpc) is 2.98. The molecule has 0 unspecified atom stereocenters. The average molecular weight is 296 g/mol. The standard InChI is InChI=1S/C14H14F2N2O3/c15-14(16)20-11-5-10(6-17-7-11)12-8-18-13(21-12)9-1-3-19-4-2-9/h5-9,14H,1-4H2. The lowest BCUT2D eigenvalue weighted by molar-refractivity contribution is -0.0500. The zero-order chi connectivity index (χ0) is 14.7. The maximum Gasteiger partial charge on any atom is 0.387 e. The van der Waals surface area contributed by atoms with Gasteiger partial charge in [-0.2, -0.15) is 8.78 Å². The number of aromatic nitrogens is 2. The zero-order valence-corrected chi connectivity index (χ0v) is 11.2. The van der Waals surface area contributed by atoms with Crippen molar-refractivity contribution < 1.29 is 22.7 Å². The largest absolute Gasteiger partial charge is 0.440 e. The van der Waals surface area contributed by atoms with Gasteiger partial charge in [0.25, 0.3) is 0 Å². The minimum Gasteiger partial charge on any atom is -0.440 e. The molecule has 0 bridgehead atoms. The van der Waals surface area contributed by atoms with Gasteiger partial charge in [0.15, 0.2) is 11.7 Å². The summed E-state index contributed by atoms with van der Waals surface area (Å²) in [4.78, 5) is 8.14. The Kier molecular flexibility index (Phi) is 4.10. The van der Waals surface area contributed by atoms with E-state index in [4.69, 9.17) is 9.15 Å². The van der Waals surface area contributed by atoms with Crippen LogP contribution in [0.1, 0.15) is 24.7 Å². The second kappa shape index (κ2) is 6.17. The van der Waals surface area contributed by atoms with Crippen molar-refractivity contribution in [2.75, 3.05) is 13.2 Å². The van der Waals surface area contributed by atoms with Gasteiger partial charge < -0.3 is 13.9 Å². The number of alkyl halides is 2. The van der Waals surface area contributed by atoms with Crippen LogP contribution < -0.4 is 4.74 Å². The van der Waals surface area contributed by atoms with Gasteiger partial charge in [0.1, 0.15) is 5.75 Å². The summed E-state index contributed by atoms with van der Waals surface area (Å²) in [5.41, 5.74) is 0.555. The van der Waals surface area contributed by atoms with Crippen molar-refractivity contribution in [3.8, 4) is 17.1 Å². The number of hydrogen-bond donors (Lipinski definition) is 0. The summed E-state index contributed by atoms with van der Waals surface area (Å²) in [5.74, 6) is 1.37. The van der Waals surface area contributed by atoms with Gasteiger partial charge in [-0.3, -0.25) is 4.98 Å². The molecule has 0 N–H and O–H groups in total. The van der Waals surface area contributed by atoms with E-state index in [1.54, 1.807) is 6.20 Å². The summed E-state index contributed by atoms with van der Waals surface area (Å²) in [5, 5.41) is 0. The Bertz CT molecular complexity index is 597. The molecule has 0 aliphatic carbocycles. The van der Waals surface area contributed by atoms with E-state index in [2.05, 4.69) is 14.7 Å². The van der Waals surface area contributed by atoms with E-state index in [9.17, 15) is 8.78 Å². The van der Waals surface area contributed by atoms with Crippen molar-refractivity contribution in [1.82, 2.24) is 9.97 Å². The Balaban J connectivity index is 1.79. The normalized spacial score (nSPS) is 16.3. The molecule has 0 amide bonds. The Hall–Kier alpha value is -2.02. The van der Waals surface area contributed by atoms with Crippen LogP contribution in [0.2, 0.25) is 0 Å². The third-order valence-corrected chi connectivity index (χ3v) is 3.32. The summed E-state index contributed by atoms with van der Waals surface area (Å²) in [6, 6.07) is 1.45. The van der Waals surface area contributed by atoms with Crippen molar-refractivity contribution in [3.63, 3.8) is 0 Å². The summed E-state index contributed by atoms with van der Waals surface area (Å²) in [6.45, 7) is -1.49. The maximum atomic E-state index is 12.2. The van der Waals surface area contributed by atoms with Gasteiger partial charge in [0, 0.05) is 30.9 Å². The number of nitrogens with zero attached hydrogens (tertiary/aromatic N) is 2. The lowest BCUT2D eigenvalue weighted by Crippen LogP contribution is -2.14. The molecule has 0 atom stereocenters. The molecular weight excluding hydrogens is 282 g/mol. The minimum atomic E-state index is -2.88. The third kappa shape index (κ3) is 3.36. The SMILES string of the molecule is FC(F)Oc1cncc(-c2cnc(C3CCOCC3)o2)c1. The van der Waals surface area contributed by atoms with Crippen LogP contribution >= 0.6 is 0 Å². The van der Waals surface area contributed by atoms with Gasteiger partial charge in [-0.25, -0.2) is 4.98 Å². The number of halogens is 2. The lowest BCUT2D eigenvalue weighted by Gasteiger charge is -2.18. The lowest BCUT2D eigenvalue weighted by atomic mass is 10.0. The maximum absolute atomic E-state index is 12.2. The summed E-state index contributed by atoms with van der Waals surface area (Å²) in [7, 11) is 0. The quantitative estimate of drug-likeness (QED) is 0.867. The molecule has 1 aliphatic heterocycles. The van der Waals surface area contributed by atoms with Crippen LogP contribution in [0.15, 0.2) is 29.1 Å². The molecule has 112 valence electrons. The van der Waals surface area contributed by atoms with Crippen LogP contribution in [0, 0.1) is 0 Å². The molecule has 1 fully saturated rings. The van der Waals surface area contributed by atoms with Crippen LogP contribution in [0.5, 0.6) is 5.75 Å². The van der Waals surface area contributed by atoms with Gasteiger partial charge >= 0.3 is 6.61 Å². The predicted octanol–water partition coefficient (Wildman–Crippen LogP) is 3.23. The molecule has 1 aliphatic rings. The number of pyridine rings is 1. The highest BCUT2D eigenvalue weighted by atomic mass is 19.3. The molecule has 7 heteroatoms. The molecule has 5 nitrogen and oxygen atoms in total. The van der Waals surface area contributed by atoms with Crippen LogP contribution in [0.25, 0.3) is 11.3 Å². The van der Waals surface area contributed by atoms with E-state index in [-0.39, 0.29) is 11.7 Å². The van der Waals surface area contributed by atoms with E-state index in [1.165, 1.54) is 18.5 Å². The molecule has 2 aromatic heterocycles. The van der Waals surface area contributed by atoms with E-state index in [0.29, 0.717) is 30.4 Å². The fourth-order valence-corrected chi connectivity index (χ4v) is 2.28. The Morgan fingerprint density at radius 2 is 2.00 bits per heavy atom. The molecule has 0 saturated carbocycles. The van der Waals surface area contributed by atoms with E-state index in [0.717, 1.165) is 12.8 Å². The van der Waals surface area contributed by atoms with Crippen molar-refractivity contribution in [2.24, 2.45) is 0 Å². The Morgan fingerprint density at radius 3 is 2.76 bits per heavy atom. The predicted molar refractivity (Wildman–Crippen MR) is 69.2 cm³/mol. The van der Waals surface area contributed by atoms with Gasteiger partial charge in [0.05, 0.1) is 12.4 Å². The second-order valence-corrected chi connectivity index (χ2v) is 4.74. The Labute approximate surface area is 119 Å². The number of hydrogen-bond acceptors (Lipinski definition) is 5. The first-order chi connectivity index (χ1) is 10.2. The molecule has 3 heterocycles. The van der Waals surface area contributed by atoms with Crippen molar-refractivity contribution in [3.05, 3.63) is 30.5 Å². The monoisotopic (exact) mass is 296 g/mol. The number of ether oxygens (including phenoxy) is 2. The zero-order valence-electron chi connectivity index (χ0n) is 11.2. The molecule has 2 aromatic rings. The first-order valence-electron chi connectivity index (χ1n) is 6.66. The molecule has 0 radical (unpaired) electrons. The fraction of sp³-hybridized carbons (Fsp3) is 0.429. The van der Waals surface area contributed by atoms with Crippen molar-refractivity contribution >= 4 is 0 Å². The third-order valence-electron chi connectivity index (χ3n) is 3.32. The van der Waals surface area contributed by atoms with Crippen LogP contribution in [-0.4, -0.2) is 29.8 Å². The van der Waals surface area contributed by atoms with Crippen LogP contribution in [0.3, 0.4) is 0 Å². The minimum absolute atomic E-state index is 0.00786. The summed E-state index contributed by atoms with van der Waals surface area (Å²) < 4.78 is 39.8. The molecule has 0 spiro atoms. The van der Waals surface area contributed by atoms with E-state index < -0.39 is 6.61 Å². The van der Waals surface area contributed by atoms with Crippen LogP contribution in [-0.2, 0) is 4.74 Å². The van der Waals surface area contributed by atoms with E-state index in [1.807, 2.05) is 0 Å². The molecule has 0 aromatic carbocycles. The molecule has 3 rings (SSSR count).